The lowest BCUT2D eigenvalue weighted by molar-refractivity contribution is -0.113. The van der Waals surface area contributed by atoms with E-state index < -0.39 is 6.04 Å². The molecule has 0 bridgehead atoms. The average molecular weight is 351 g/mol. The second kappa shape index (κ2) is 7.31. The first-order valence-electron chi connectivity index (χ1n) is 8.26. The van der Waals surface area contributed by atoms with Crippen LogP contribution in [-0.4, -0.2) is 31.0 Å². The fourth-order valence-corrected chi connectivity index (χ4v) is 2.90. The fourth-order valence-electron chi connectivity index (χ4n) is 2.90. The maximum absolute atomic E-state index is 13.0. The first-order chi connectivity index (χ1) is 12.5. The van der Waals surface area contributed by atoms with E-state index in [2.05, 4.69) is 10.6 Å². The van der Waals surface area contributed by atoms with Crippen LogP contribution in [0.2, 0.25) is 0 Å². The van der Waals surface area contributed by atoms with Gasteiger partial charge in [0.2, 0.25) is 0 Å². The van der Waals surface area contributed by atoms with Gasteiger partial charge < -0.3 is 20.3 Å². The largest absolute Gasteiger partial charge is 0.497 e. The molecule has 1 atom stereocenters. The summed E-state index contributed by atoms with van der Waals surface area (Å²) in [4.78, 5) is 26.7. The number of methoxy groups -OCH3 is 1. The number of amides is 3. The van der Waals surface area contributed by atoms with Gasteiger partial charge in [-0.3, -0.25) is 4.79 Å². The van der Waals surface area contributed by atoms with Crippen molar-refractivity contribution in [1.82, 2.24) is 10.2 Å². The average Bonchev–Trinajstić information content (AvgIpc) is 2.66. The van der Waals surface area contributed by atoms with Crippen LogP contribution in [-0.2, 0) is 4.79 Å². The zero-order chi connectivity index (χ0) is 18.7. The highest BCUT2D eigenvalue weighted by atomic mass is 16.5. The van der Waals surface area contributed by atoms with Crippen molar-refractivity contribution in [2.75, 3.05) is 19.5 Å². The van der Waals surface area contributed by atoms with Crippen molar-refractivity contribution in [3.05, 3.63) is 71.4 Å². The van der Waals surface area contributed by atoms with Crippen molar-refractivity contribution < 1.29 is 14.3 Å². The van der Waals surface area contributed by atoms with Gasteiger partial charge in [-0.25, -0.2) is 4.79 Å². The first-order valence-corrected chi connectivity index (χ1v) is 8.26. The van der Waals surface area contributed by atoms with E-state index >= 15 is 0 Å². The number of carbonyl (C=O) groups is 2. The molecular formula is C20H21N3O3. The Morgan fingerprint density at radius 2 is 1.77 bits per heavy atom. The number of hydrogen-bond donors (Lipinski definition) is 2. The number of anilines is 1. The molecule has 0 spiro atoms. The number of hydrogen-bond acceptors (Lipinski definition) is 3. The van der Waals surface area contributed by atoms with Gasteiger partial charge in [-0.1, -0.05) is 30.3 Å². The molecular weight excluding hydrogens is 330 g/mol. The third kappa shape index (κ3) is 3.39. The number of benzene rings is 2. The minimum atomic E-state index is -0.534. The summed E-state index contributed by atoms with van der Waals surface area (Å²) in [5.41, 5.74) is 2.62. The lowest BCUT2D eigenvalue weighted by Gasteiger charge is -2.33. The summed E-state index contributed by atoms with van der Waals surface area (Å²) < 4.78 is 5.18. The van der Waals surface area contributed by atoms with E-state index in [0.717, 1.165) is 5.56 Å². The third-order valence-electron chi connectivity index (χ3n) is 4.48. The second-order valence-corrected chi connectivity index (χ2v) is 6.03. The van der Waals surface area contributed by atoms with Crippen molar-refractivity contribution in [2.24, 2.45) is 0 Å². The van der Waals surface area contributed by atoms with Crippen LogP contribution in [0.1, 0.15) is 18.5 Å². The fraction of sp³-hybridized carbons (Fsp3) is 0.200. The predicted molar refractivity (Wildman–Crippen MR) is 99.8 cm³/mol. The molecule has 1 aliphatic heterocycles. The number of rotatable bonds is 4. The van der Waals surface area contributed by atoms with Gasteiger partial charge in [-0.15, -0.1) is 0 Å². The molecule has 0 saturated carbocycles. The summed E-state index contributed by atoms with van der Waals surface area (Å²) in [6, 6.07) is 15.8. The highest BCUT2D eigenvalue weighted by molar-refractivity contribution is 6.06. The maximum Gasteiger partial charge on any atom is 0.322 e. The van der Waals surface area contributed by atoms with Gasteiger partial charge >= 0.3 is 6.03 Å². The summed E-state index contributed by atoms with van der Waals surface area (Å²) in [7, 11) is 3.24. The zero-order valence-electron chi connectivity index (χ0n) is 14.9. The second-order valence-electron chi connectivity index (χ2n) is 6.03. The maximum atomic E-state index is 13.0. The molecule has 2 aromatic rings. The Morgan fingerprint density at radius 3 is 2.38 bits per heavy atom. The number of para-hydroxylation sites is 1. The molecule has 6 nitrogen and oxygen atoms in total. The molecule has 1 heterocycles. The summed E-state index contributed by atoms with van der Waals surface area (Å²) >= 11 is 0. The minimum absolute atomic E-state index is 0.249. The molecule has 0 aliphatic carbocycles. The van der Waals surface area contributed by atoms with E-state index in [1.807, 2.05) is 54.6 Å². The molecule has 2 N–H and O–H groups in total. The van der Waals surface area contributed by atoms with Crippen LogP contribution in [0.25, 0.3) is 0 Å². The van der Waals surface area contributed by atoms with E-state index in [-0.39, 0.29) is 11.9 Å². The summed E-state index contributed by atoms with van der Waals surface area (Å²) in [6.07, 6.45) is 0. The molecule has 26 heavy (non-hydrogen) atoms. The SMILES string of the molecule is COc1ccc([C@@H]2NC(=O)N(C)C(C)=C2C(=O)Nc2ccccc2)cc1. The molecule has 3 amide bonds. The lowest BCUT2D eigenvalue weighted by Crippen LogP contribution is -2.46. The number of urea groups is 1. The first kappa shape index (κ1) is 17.5. The van der Waals surface area contributed by atoms with Gasteiger partial charge in [0.15, 0.2) is 0 Å². The van der Waals surface area contributed by atoms with Crippen molar-refractivity contribution in [2.45, 2.75) is 13.0 Å². The smallest absolute Gasteiger partial charge is 0.322 e. The van der Waals surface area contributed by atoms with Gasteiger partial charge in [0, 0.05) is 18.4 Å². The number of carbonyl (C=O) groups excluding carboxylic acids is 2. The normalized spacial score (nSPS) is 17.0. The number of allylic oxidation sites excluding steroid dienone is 1. The Labute approximate surface area is 152 Å². The summed E-state index contributed by atoms with van der Waals surface area (Å²) in [5.74, 6) is 0.463. The molecule has 0 aromatic heterocycles. The minimum Gasteiger partial charge on any atom is -0.497 e. The van der Waals surface area contributed by atoms with Crippen molar-refractivity contribution >= 4 is 17.6 Å². The van der Waals surface area contributed by atoms with Crippen LogP contribution < -0.4 is 15.4 Å². The van der Waals surface area contributed by atoms with Crippen LogP contribution in [0.5, 0.6) is 5.75 Å². The molecule has 0 radical (unpaired) electrons. The molecule has 134 valence electrons. The Kier molecular flexibility index (Phi) is 4.93. The predicted octanol–water partition coefficient (Wildman–Crippen LogP) is 3.30. The zero-order valence-corrected chi connectivity index (χ0v) is 14.9. The van der Waals surface area contributed by atoms with E-state index in [4.69, 9.17) is 4.74 Å². The molecule has 0 fully saturated rings. The van der Waals surface area contributed by atoms with Gasteiger partial charge in [0.1, 0.15) is 5.75 Å². The van der Waals surface area contributed by atoms with E-state index in [0.29, 0.717) is 22.7 Å². The van der Waals surface area contributed by atoms with Gasteiger partial charge in [-0.05, 0) is 36.8 Å². The molecule has 6 heteroatoms. The molecule has 0 saturated heterocycles. The Hall–Kier alpha value is -3.28. The van der Waals surface area contributed by atoms with Gasteiger partial charge in [-0.2, -0.15) is 0 Å². The Morgan fingerprint density at radius 1 is 1.12 bits per heavy atom. The van der Waals surface area contributed by atoms with Crippen LogP contribution in [0, 0.1) is 0 Å². The quantitative estimate of drug-likeness (QED) is 0.888. The monoisotopic (exact) mass is 351 g/mol. The number of ether oxygens (including phenoxy) is 1. The van der Waals surface area contributed by atoms with Crippen LogP contribution in [0.15, 0.2) is 65.9 Å². The van der Waals surface area contributed by atoms with E-state index in [1.165, 1.54) is 4.90 Å². The van der Waals surface area contributed by atoms with Crippen LogP contribution in [0.4, 0.5) is 10.5 Å². The molecule has 0 unspecified atom stereocenters. The number of nitrogens with one attached hydrogen (secondary N) is 2. The number of nitrogens with zero attached hydrogens (tertiary/aromatic N) is 1. The van der Waals surface area contributed by atoms with Crippen molar-refractivity contribution in [3.8, 4) is 5.75 Å². The van der Waals surface area contributed by atoms with Gasteiger partial charge in [0.25, 0.3) is 5.91 Å². The van der Waals surface area contributed by atoms with Gasteiger partial charge in [0.05, 0.1) is 18.7 Å². The highest BCUT2D eigenvalue weighted by Crippen LogP contribution is 2.31. The lowest BCUT2D eigenvalue weighted by atomic mass is 9.94. The van der Waals surface area contributed by atoms with E-state index in [9.17, 15) is 9.59 Å². The topological polar surface area (TPSA) is 70.7 Å². The van der Waals surface area contributed by atoms with Crippen LogP contribution >= 0.6 is 0 Å². The Bertz CT molecular complexity index is 844. The highest BCUT2D eigenvalue weighted by Gasteiger charge is 2.34. The standard InChI is InChI=1S/C20H21N3O3/c1-13-17(19(24)21-15-7-5-4-6-8-15)18(22-20(25)23(13)2)14-9-11-16(26-3)12-10-14/h4-12,18H,1-3H3,(H,21,24)(H,22,25)/t18-/m0/s1. The molecule has 1 aliphatic rings. The van der Waals surface area contributed by atoms with E-state index in [1.54, 1.807) is 21.1 Å². The molecule has 2 aromatic carbocycles. The van der Waals surface area contributed by atoms with Crippen molar-refractivity contribution in [3.63, 3.8) is 0 Å². The third-order valence-corrected chi connectivity index (χ3v) is 4.48. The summed E-state index contributed by atoms with van der Waals surface area (Å²) in [5, 5.41) is 5.79. The Balaban J connectivity index is 1.98. The summed E-state index contributed by atoms with van der Waals surface area (Å²) in [6.45, 7) is 1.77. The van der Waals surface area contributed by atoms with Crippen molar-refractivity contribution in [1.29, 1.82) is 0 Å². The molecule has 3 rings (SSSR count). The van der Waals surface area contributed by atoms with Crippen LogP contribution in [0.3, 0.4) is 0 Å².